The molecule has 4 heteroatoms. The van der Waals surface area contributed by atoms with Crippen LogP contribution in [0.4, 0.5) is 5.69 Å². The summed E-state index contributed by atoms with van der Waals surface area (Å²) < 4.78 is 0. The topological polar surface area (TPSA) is 41.1 Å². The van der Waals surface area contributed by atoms with Gasteiger partial charge in [-0.25, -0.2) is 0 Å². The highest BCUT2D eigenvalue weighted by molar-refractivity contribution is 5.91. The number of hydrogen-bond acceptors (Lipinski definition) is 2. The van der Waals surface area contributed by atoms with Gasteiger partial charge in [0.05, 0.1) is 0 Å². The monoisotopic (exact) mass is 308 g/mol. The van der Waals surface area contributed by atoms with Gasteiger partial charge in [-0.15, -0.1) is 12.4 Å². The highest BCUT2D eigenvalue weighted by Gasteiger charge is 2.34. The largest absolute Gasteiger partial charge is 0.326 e. The zero-order valence-electron chi connectivity index (χ0n) is 12.8. The van der Waals surface area contributed by atoms with E-state index < -0.39 is 0 Å². The first-order valence-electron chi connectivity index (χ1n) is 7.73. The molecule has 2 bridgehead atoms. The fourth-order valence-electron chi connectivity index (χ4n) is 3.68. The van der Waals surface area contributed by atoms with E-state index in [1.54, 1.807) is 0 Å². The fraction of sp³-hybridized carbons (Fsp3) is 0.588. The number of benzene rings is 1. The maximum atomic E-state index is 12.2. The molecule has 2 fully saturated rings. The van der Waals surface area contributed by atoms with Crippen molar-refractivity contribution >= 4 is 24.0 Å². The summed E-state index contributed by atoms with van der Waals surface area (Å²) >= 11 is 0. The summed E-state index contributed by atoms with van der Waals surface area (Å²) in [5.41, 5.74) is 3.28. The number of hydrogen-bond donors (Lipinski definition) is 2. The summed E-state index contributed by atoms with van der Waals surface area (Å²) in [5, 5.41) is 6.72. The third kappa shape index (κ3) is 3.98. The smallest absolute Gasteiger partial charge is 0.224 e. The normalized spacial score (nSPS) is 27.0. The van der Waals surface area contributed by atoms with Crippen molar-refractivity contribution in [2.24, 2.45) is 5.92 Å². The molecule has 1 amide bonds. The van der Waals surface area contributed by atoms with Gasteiger partial charge in [-0.1, -0.05) is 12.1 Å². The highest BCUT2D eigenvalue weighted by Crippen LogP contribution is 2.32. The lowest BCUT2D eigenvalue weighted by molar-refractivity contribution is -0.117. The number of aryl methyl sites for hydroxylation is 2. The Kier molecular flexibility index (Phi) is 5.28. The van der Waals surface area contributed by atoms with Crippen LogP contribution in [-0.4, -0.2) is 18.0 Å². The summed E-state index contributed by atoms with van der Waals surface area (Å²) in [7, 11) is 0. The van der Waals surface area contributed by atoms with Crippen LogP contribution in [0.3, 0.4) is 0 Å². The van der Waals surface area contributed by atoms with E-state index in [4.69, 9.17) is 0 Å². The summed E-state index contributed by atoms with van der Waals surface area (Å²) in [4.78, 5) is 12.2. The van der Waals surface area contributed by atoms with E-state index in [-0.39, 0.29) is 18.3 Å². The molecule has 1 aromatic rings. The minimum absolute atomic E-state index is 0. The third-order valence-electron chi connectivity index (χ3n) is 4.71. The molecule has 0 spiro atoms. The Bertz CT molecular complexity index is 506. The van der Waals surface area contributed by atoms with Crippen LogP contribution < -0.4 is 10.6 Å². The molecule has 0 saturated carbocycles. The first-order chi connectivity index (χ1) is 9.60. The fourth-order valence-corrected chi connectivity index (χ4v) is 3.68. The van der Waals surface area contributed by atoms with Crippen molar-refractivity contribution in [2.45, 2.75) is 58.0 Å². The molecule has 3 nitrogen and oxygen atoms in total. The SMILES string of the molecule is Cc1ccc(C)c(NC(=O)CC2CC3CCC(C2)N3)c1.Cl. The van der Waals surface area contributed by atoms with Gasteiger partial charge in [-0.2, -0.15) is 0 Å². The molecule has 21 heavy (non-hydrogen) atoms. The lowest BCUT2D eigenvalue weighted by atomic mass is 9.89. The predicted molar refractivity (Wildman–Crippen MR) is 89.1 cm³/mol. The third-order valence-corrected chi connectivity index (χ3v) is 4.71. The molecule has 2 atom stereocenters. The molecule has 0 radical (unpaired) electrons. The van der Waals surface area contributed by atoms with Crippen LogP contribution in [0.1, 0.15) is 43.2 Å². The Balaban J connectivity index is 0.00000161. The van der Waals surface area contributed by atoms with Gasteiger partial charge in [0.15, 0.2) is 0 Å². The van der Waals surface area contributed by atoms with E-state index in [0.717, 1.165) is 24.1 Å². The van der Waals surface area contributed by atoms with E-state index in [9.17, 15) is 4.79 Å². The predicted octanol–water partition coefficient (Wildman–Crippen LogP) is 3.58. The maximum absolute atomic E-state index is 12.2. The molecule has 0 aromatic heterocycles. The summed E-state index contributed by atoms with van der Waals surface area (Å²) in [6, 6.07) is 7.52. The van der Waals surface area contributed by atoms with Crippen molar-refractivity contribution < 1.29 is 4.79 Å². The number of halogens is 1. The molecule has 3 rings (SSSR count). The molecule has 0 aliphatic carbocycles. The van der Waals surface area contributed by atoms with Crippen molar-refractivity contribution in [3.05, 3.63) is 29.3 Å². The van der Waals surface area contributed by atoms with E-state index in [2.05, 4.69) is 35.8 Å². The lowest BCUT2D eigenvalue weighted by Gasteiger charge is -2.28. The first-order valence-corrected chi connectivity index (χ1v) is 7.73. The van der Waals surface area contributed by atoms with Gasteiger partial charge in [0, 0.05) is 24.2 Å². The Labute approximate surface area is 133 Å². The van der Waals surface area contributed by atoms with Crippen LogP contribution in [0.15, 0.2) is 18.2 Å². The zero-order valence-corrected chi connectivity index (χ0v) is 13.6. The number of anilines is 1. The van der Waals surface area contributed by atoms with Gasteiger partial charge in [-0.05, 0) is 62.6 Å². The highest BCUT2D eigenvalue weighted by atomic mass is 35.5. The molecule has 2 aliphatic heterocycles. The van der Waals surface area contributed by atoms with Crippen LogP contribution in [0.25, 0.3) is 0 Å². The summed E-state index contributed by atoms with van der Waals surface area (Å²) in [6.07, 6.45) is 5.58. The second-order valence-corrected chi connectivity index (χ2v) is 6.55. The van der Waals surface area contributed by atoms with Gasteiger partial charge in [0.2, 0.25) is 5.91 Å². The van der Waals surface area contributed by atoms with Crippen LogP contribution in [0, 0.1) is 19.8 Å². The van der Waals surface area contributed by atoms with Gasteiger partial charge in [0.25, 0.3) is 0 Å². The summed E-state index contributed by atoms with van der Waals surface area (Å²) in [6.45, 7) is 4.10. The number of amides is 1. The van der Waals surface area contributed by atoms with Crippen LogP contribution >= 0.6 is 12.4 Å². The molecule has 2 aliphatic rings. The molecular weight excluding hydrogens is 284 g/mol. The van der Waals surface area contributed by atoms with Crippen molar-refractivity contribution in [1.82, 2.24) is 5.32 Å². The molecule has 2 saturated heterocycles. The van der Waals surface area contributed by atoms with Crippen LogP contribution in [-0.2, 0) is 4.79 Å². The minimum atomic E-state index is 0. The Morgan fingerprint density at radius 1 is 1.24 bits per heavy atom. The average molecular weight is 309 g/mol. The van der Waals surface area contributed by atoms with E-state index in [1.165, 1.54) is 18.4 Å². The number of carbonyl (C=O) groups excluding carboxylic acids is 1. The lowest BCUT2D eigenvalue weighted by Crippen LogP contribution is -2.39. The second kappa shape index (κ2) is 6.80. The molecule has 2 unspecified atom stereocenters. The minimum Gasteiger partial charge on any atom is -0.326 e. The number of piperidine rings is 1. The first kappa shape index (κ1) is 16.3. The molecule has 2 N–H and O–H groups in total. The van der Waals surface area contributed by atoms with E-state index in [0.29, 0.717) is 24.4 Å². The van der Waals surface area contributed by atoms with Crippen molar-refractivity contribution in [2.75, 3.05) is 5.32 Å². The number of rotatable bonds is 3. The standard InChI is InChI=1S/C17H24N2O.ClH/c1-11-3-4-12(2)16(7-11)19-17(20)10-13-8-14-5-6-15(9-13)18-14;/h3-4,7,13-15,18H,5-6,8-10H2,1-2H3,(H,19,20);1H. The zero-order chi connectivity index (χ0) is 14.1. The second-order valence-electron chi connectivity index (χ2n) is 6.55. The van der Waals surface area contributed by atoms with Gasteiger partial charge >= 0.3 is 0 Å². The Morgan fingerprint density at radius 3 is 2.57 bits per heavy atom. The Morgan fingerprint density at radius 2 is 1.90 bits per heavy atom. The number of carbonyl (C=O) groups is 1. The van der Waals surface area contributed by atoms with Gasteiger partial charge < -0.3 is 10.6 Å². The van der Waals surface area contributed by atoms with Crippen LogP contribution in [0.2, 0.25) is 0 Å². The van der Waals surface area contributed by atoms with Gasteiger partial charge in [-0.3, -0.25) is 4.79 Å². The number of fused-ring (bicyclic) bond motifs is 2. The molecular formula is C17H25ClN2O. The van der Waals surface area contributed by atoms with Crippen LogP contribution in [0.5, 0.6) is 0 Å². The van der Waals surface area contributed by atoms with E-state index in [1.807, 2.05) is 6.92 Å². The number of nitrogens with one attached hydrogen (secondary N) is 2. The van der Waals surface area contributed by atoms with Gasteiger partial charge in [0.1, 0.15) is 0 Å². The van der Waals surface area contributed by atoms with Crippen molar-refractivity contribution in [3.63, 3.8) is 0 Å². The van der Waals surface area contributed by atoms with Crippen molar-refractivity contribution in [3.8, 4) is 0 Å². The molecule has 2 heterocycles. The van der Waals surface area contributed by atoms with E-state index >= 15 is 0 Å². The quantitative estimate of drug-likeness (QED) is 0.896. The Hall–Kier alpha value is -1.06. The summed E-state index contributed by atoms with van der Waals surface area (Å²) in [5.74, 6) is 0.726. The maximum Gasteiger partial charge on any atom is 0.224 e. The average Bonchev–Trinajstić information content (AvgIpc) is 2.73. The molecule has 1 aromatic carbocycles. The van der Waals surface area contributed by atoms with Crippen molar-refractivity contribution in [1.29, 1.82) is 0 Å². The molecule has 116 valence electrons.